The Morgan fingerprint density at radius 3 is 2.12 bits per heavy atom. The standard InChI is InChI=1S/C17H28O7/c1-10(9-18)15(22)17(24)16(23)13(20)5-3-2-4-11-6-7-12(19)14(21)8-11/h6-8,10,13,15-24H,2-5,9H2,1H3. The van der Waals surface area contributed by atoms with E-state index in [0.29, 0.717) is 19.3 Å². The highest BCUT2D eigenvalue weighted by atomic mass is 16.4. The van der Waals surface area contributed by atoms with Crippen LogP contribution in [0.2, 0.25) is 0 Å². The van der Waals surface area contributed by atoms with Crippen LogP contribution >= 0.6 is 0 Å². The number of phenolic OH excluding ortho intramolecular Hbond substituents is 2. The van der Waals surface area contributed by atoms with Gasteiger partial charge in [-0.15, -0.1) is 0 Å². The van der Waals surface area contributed by atoms with Gasteiger partial charge < -0.3 is 35.7 Å². The minimum Gasteiger partial charge on any atom is -0.504 e. The first kappa shape index (κ1) is 20.7. The molecule has 0 aliphatic carbocycles. The molecule has 0 saturated carbocycles. The number of aliphatic hydroxyl groups excluding tert-OH is 5. The molecule has 138 valence electrons. The number of phenols is 2. The second-order valence-corrected chi connectivity index (χ2v) is 6.27. The van der Waals surface area contributed by atoms with Gasteiger partial charge in [-0.25, -0.2) is 0 Å². The SMILES string of the molecule is CC(CO)C(O)C(O)C(O)C(O)CCCCc1ccc(O)c(O)c1. The minimum atomic E-state index is -1.53. The zero-order chi connectivity index (χ0) is 18.3. The molecule has 1 rings (SSSR count). The molecule has 1 aromatic rings. The van der Waals surface area contributed by atoms with Gasteiger partial charge in [-0.2, -0.15) is 0 Å². The van der Waals surface area contributed by atoms with Crippen LogP contribution in [0.3, 0.4) is 0 Å². The fourth-order valence-corrected chi connectivity index (χ4v) is 2.45. The van der Waals surface area contributed by atoms with Crippen molar-refractivity contribution in [2.45, 2.75) is 57.0 Å². The van der Waals surface area contributed by atoms with E-state index in [1.165, 1.54) is 19.1 Å². The maximum atomic E-state index is 9.91. The van der Waals surface area contributed by atoms with Crippen molar-refractivity contribution in [3.8, 4) is 11.5 Å². The lowest BCUT2D eigenvalue weighted by Crippen LogP contribution is -2.47. The molecule has 0 saturated heterocycles. The second-order valence-electron chi connectivity index (χ2n) is 6.27. The Hall–Kier alpha value is -1.38. The van der Waals surface area contributed by atoms with Gasteiger partial charge in [0.1, 0.15) is 12.2 Å². The Morgan fingerprint density at radius 1 is 0.875 bits per heavy atom. The molecule has 5 unspecified atom stereocenters. The van der Waals surface area contributed by atoms with Gasteiger partial charge in [0.2, 0.25) is 0 Å². The molecule has 0 aromatic heterocycles. The van der Waals surface area contributed by atoms with Crippen LogP contribution in [0.1, 0.15) is 31.7 Å². The summed E-state index contributed by atoms with van der Waals surface area (Å²) in [5, 5.41) is 66.9. The summed E-state index contributed by atoms with van der Waals surface area (Å²) in [6, 6.07) is 4.57. The fraction of sp³-hybridized carbons (Fsp3) is 0.647. The van der Waals surface area contributed by atoms with Crippen LogP contribution in [0, 0.1) is 5.92 Å². The monoisotopic (exact) mass is 344 g/mol. The number of aryl methyl sites for hydroxylation is 1. The molecule has 1 aromatic carbocycles. The smallest absolute Gasteiger partial charge is 0.157 e. The highest BCUT2D eigenvalue weighted by Gasteiger charge is 2.32. The molecule has 5 atom stereocenters. The first-order valence-electron chi connectivity index (χ1n) is 8.12. The lowest BCUT2D eigenvalue weighted by atomic mass is 9.92. The first-order valence-corrected chi connectivity index (χ1v) is 8.12. The van der Waals surface area contributed by atoms with E-state index in [-0.39, 0.29) is 24.5 Å². The number of aromatic hydroxyl groups is 2. The topological polar surface area (TPSA) is 142 Å². The summed E-state index contributed by atoms with van der Waals surface area (Å²) in [4.78, 5) is 0. The van der Waals surface area contributed by atoms with Gasteiger partial charge in [-0.1, -0.05) is 19.4 Å². The van der Waals surface area contributed by atoms with Crippen molar-refractivity contribution in [2.24, 2.45) is 5.92 Å². The molecule has 7 N–H and O–H groups in total. The van der Waals surface area contributed by atoms with Crippen LogP contribution in [0.15, 0.2) is 18.2 Å². The van der Waals surface area contributed by atoms with Crippen molar-refractivity contribution in [1.82, 2.24) is 0 Å². The van der Waals surface area contributed by atoms with E-state index in [9.17, 15) is 30.6 Å². The van der Waals surface area contributed by atoms with Gasteiger partial charge in [0.25, 0.3) is 0 Å². The Morgan fingerprint density at radius 2 is 1.54 bits per heavy atom. The molecular formula is C17H28O7. The molecule has 0 heterocycles. The third-order valence-electron chi connectivity index (χ3n) is 4.22. The van der Waals surface area contributed by atoms with Crippen molar-refractivity contribution in [1.29, 1.82) is 0 Å². The molecule has 7 nitrogen and oxygen atoms in total. The summed E-state index contributed by atoms with van der Waals surface area (Å²) < 4.78 is 0. The van der Waals surface area contributed by atoms with Crippen molar-refractivity contribution >= 4 is 0 Å². The van der Waals surface area contributed by atoms with Gasteiger partial charge in [0.05, 0.1) is 12.2 Å². The zero-order valence-electron chi connectivity index (χ0n) is 13.8. The summed E-state index contributed by atoms with van der Waals surface area (Å²) in [5.41, 5.74) is 0.840. The molecule has 7 heteroatoms. The second kappa shape index (κ2) is 9.80. The summed E-state index contributed by atoms with van der Waals surface area (Å²) >= 11 is 0. The quantitative estimate of drug-likeness (QED) is 0.232. The fourth-order valence-electron chi connectivity index (χ4n) is 2.45. The lowest BCUT2D eigenvalue weighted by Gasteiger charge is -2.29. The molecule has 0 amide bonds. The zero-order valence-corrected chi connectivity index (χ0v) is 13.8. The third-order valence-corrected chi connectivity index (χ3v) is 4.22. The molecule has 24 heavy (non-hydrogen) atoms. The van der Waals surface area contributed by atoms with Gasteiger partial charge in [-0.3, -0.25) is 0 Å². The van der Waals surface area contributed by atoms with Crippen LogP contribution in [0.5, 0.6) is 11.5 Å². The van der Waals surface area contributed by atoms with E-state index >= 15 is 0 Å². The molecule has 0 bridgehead atoms. The number of aliphatic hydroxyl groups is 5. The number of benzene rings is 1. The highest BCUT2D eigenvalue weighted by Crippen LogP contribution is 2.25. The normalized spacial score (nSPS) is 17.9. The Balaban J connectivity index is 2.36. The van der Waals surface area contributed by atoms with Crippen molar-refractivity contribution in [2.75, 3.05) is 6.61 Å². The van der Waals surface area contributed by atoms with Crippen LogP contribution in [-0.2, 0) is 6.42 Å². The van der Waals surface area contributed by atoms with Gasteiger partial charge >= 0.3 is 0 Å². The molecule has 0 aliphatic heterocycles. The average molecular weight is 344 g/mol. The summed E-state index contributed by atoms with van der Waals surface area (Å²) in [6.45, 7) is 1.20. The van der Waals surface area contributed by atoms with Crippen LogP contribution < -0.4 is 0 Å². The molecule has 0 radical (unpaired) electrons. The van der Waals surface area contributed by atoms with Crippen molar-refractivity contribution in [3.05, 3.63) is 23.8 Å². The Bertz CT molecular complexity index is 494. The first-order chi connectivity index (χ1) is 11.3. The summed E-state index contributed by atoms with van der Waals surface area (Å²) in [6.07, 6.45) is -3.42. The van der Waals surface area contributed by atoms with Crippen LogP contribution in [0.25, 0.3) is 0 Å². The van der Waals surface area contributed by atoms with Crippen molar-refractivity contribution in [3.63, 3.8) is 0 Å². The molecular weight excluding hydrogens is 316 g/mol. The Kier molecular flexibility index (Phi) is 8.44. The van der Waals surface area contributed by atoms with Crippen LogP contribution in [0.4, 0.5) is 0 Å². The molecule has 0 spiro atoms. The lowest BCUT2D eigenvalue weighted by molar-refractivity contribution is -0.122. The van der Waals surface area contributed by atoms with Crippen molar-refractivity contribution < 1.29 is 35.7 Å². The van der Waals surface area contributed by atoms with Gasteiger partial charge in [0, 0.05) is 12.5 Å². The van der Waals surface area contributed by atoms with E-state index in [2.05, 4.69) is 0 Å². The predicted octanol–water partition coefficient (Wildman–Crippen LogP) is -0.117. The van der Waals surface area contributed by atoms with Crippen LogP contribution in [-0.4, -0.2) is 66.8 Å². The van der Waals surface area contributed by atoms with E-state index in [1.54, 1.807) is 6.07 Å². The maximum absolute atomic E-state index is 9.91. The van der Waals surface area contributed by atoms with E-state index < -0.39 is 30.3 Å². The summed E-state index contributed by atoms with van der Waals surface area (Å²) in [5.74, 6) is -0.968. The predicted molar refractivity (Wildman–Crippen MR) is 87.6 cm³/mol. The van der Waals surface area contributed by atoms with E-state index in [0.717, 1.165) is 5.56 Å². The average Bonchev–Trinajstić information content (AvgIpc) is 2.58. The Labute approximate surface area is 141 Å². The largest absolute Gasteiger partial charge is 0.504 e. The summed E-state index contributed by atoms with van der Waals surface area (Å²) in [7, 11) is 0. The van der Waals surface area contributed by atoms with Gasteiger partial charge in [0.15, 0.2) is 11.5 Å². The minimum absolute atomic E-state index is 0.179. The van der Waals surface area contributed by atoms with Gasteiger partial charge in [-0.05, 0) is 37.0 Å². The van der Waals surface area contributed by atoms with E-state index in [4.69, 9.17) is 5.11 Å². The number of rotatable bonds is 10. The molecule has 0 fully saturated rings. The molecule has 0 aliphatic rings. The number of hydrogen-bond donors (Lipinski definition) is 7. The highest BCUT2D eigenvalue weighted by molar-refractivity contribution is 5.40. The van der Waals surface area contributed by atoms with E-state index in [1.807, 2.05) is 0 Å². The third kappa shape index (κ3) is 5.92. The maximum Gasteiger partial charge on any atom is 0.157 e. The number of hydrogen-bond acceptors (Lipinski definition) is 7. The number of unbranched alkanes of at least 4 members (excludes halogenated alkanes) is 1.